The van der Waals surface area contributed by atoms with Crippen molar-refractivity contribution in [2.45, 2.75) is 33.3 Å². The molecule has 0 bridgehead atoms. The lowest BCUT2D eigenvalue weighted by Gasteiger charge is -2.24. The Morgan fingerprint density at radius 2 is 2.05 bits per heavy atom. The van der Waals surface area contributed by atoms with E-state index in [0.717, 1.165) is 10.9 Å². The van der Waals surface area contributed by atoms with Crippen LogP contribution in [-0.4, -0.2) is 23.2 Å². The smallest absolute Gasteiger partial charge is 0.349 e. The van der Waals surface area contributed by atoms with E-state index in [-0.39, 0.29) is 0 Å². The number of aryl methyl sites for hydroxylation is 1. The van der Waals surface area contributed by atoms with Gasteiger partial charge in [0.2, 0.25) is 0 Å². The quantitative estimate of drug-likeness (QED) is 0.803. The Labute approximate surface area is 129 Å². The van der Waals surface area contributed by atoms with Crippen molar-refractivity contribution in [3.8, 4) is 5.75 Å². The lowest BCUT2D eigenvalue weighted by molar-refractivity contribution is -0.158. The Morgan fingerprint density at radius 3 is 2.71 bits per heavy atom. The molecule has 112 valence electrons. The first kappa shape index (κ1) is 15.6. The molecular formula is C16H18ClNO3. The minimum absolute atomic E-state index is 0.310. The number of aromatic nitrogens is 1. The molecule has 0 fully saturated rings. The van der Waals surface area contributed by atoms with Crippen molar-refractivity contribution in [3.05, 3.63) is 35.0 Å². The van der Waals surface area contributed by atoms with Crippen LogP contribution in [0.15, 0.2) is 24.4 Å². The zero-order valence-electron chi connectivity index (χ0n) is 12.6. The average molecular weight is 308 g/mol. The summed E-state index contributed by atoms with van der Waals surface area (Å²) in [4.78, 5) is 16.3. The first-order valence-electron chi connectivity index (χ1n) is 6.77. The molecule has 0 amide bonds. The molecule has 21 heavy (non-hydrogen) atoms. The van der Waals surface area contributed by atoms with Gasteiger partial charge in [-0.05, 0) is 51.5 Å². The maximum atomic E-state index is 11.9. The van der Waals surface area contributed by atoms with Crippen LogP contribution in [0.25, 0.3) is 10.9 Å². The SMILES string of the molecule is CCOC(=O)C(C)(C)Oc1ccc(Cl)c2c(C)ccnc12. The second-order valence-electron chi connectivity index (χ2n) is 5.23. The number of carbonyl (C=O) groups excluding carboxylic acids is 1. The molecule has 2 aromatic rings. The highest BCUT2D eigenvalue weighted by Gasteiger charge is 2.32. The van der Waals surface area contributed by atoms with Crippen molar-refractivity contribution in [2.75, 3.05) is 6.61 Å². The van der Waals surface area contributed by atoms with E-state index in [0.29, 0.717) is 22.9 Å². The van der Waals surface area contributed by atoms with Gasteiger partial charge in [-0.3, -0.25) is 4.98 Å². The van der Waals surface area contributed by atoms with E-state index in [1.165, 1.54) is 0 Å². The summed E-state index contributed by atoms with van der Waals surface area (Å²) in [6.45, 7) is 7.36. The molecule has 0 atom stereocenters. The molecule has 0 aliphatic heterocycles. The molecule has 0 radical (unpaired) electrons. The Bertz CT molecular complexity index is 674. The van der Waals surface area contributed by atoms with E-state index < -0.39 is 11.6 Å². The maximum Gasteiger partial charge on any atom is 0.349 e. The summed E-state index contributed by atoms with van der Waals surface area (Å²) in [7, 11) is 0. The molecular weight excluding hydrogens is 290 g/mol. The number of hydrogen-bond donors (Lipinski definition) is 0. The first-order chi connectivity index (χ1) is 9.86. The second kappa shape index (κ2) is 5.90. The summed E-state index contributed by atoms with van der Waals surface area (Å²) >= 11 is 6.23. The molecule has 0 saturated carbocycles. The molecule has 0 unspecified atom stereocenters. The topological polar surface area (TPSA) is 48.4 Å². The summed E-state index contributed by atoms with van der Waals surface area (Å²) in [6.07, 6.45) is 1.69. The van der Waals surface area contributed by atoms with Crippen molar-refractivity contribution >= 4 is 28.5 Å². The van der Waals surface area contributed by atoms with Gasteiger partial charge in [0.1, 0.15) is 11.3 Å². The number of nitrogens with zero attached hydrogens (tertiary/aromatic N) is 1. The predicted octanol–water partition coefficient (Wildman–Crippen LogP) is 3.92. The molecule has 1 heterocycles. The van der Waals surface area contributed by atoms with Gasteiger partial charge in [0.05, 0.1) is 11.6 Å². The van der Waals surface area contributed by atoms with Crippen LogP contribution in [0.3, 0.4) is 0 Å². The average Bonchev–Trinajstić information content (AvgIpc) is 2.42. The third-order valence-electron chi connectivity index (χ3n) is 3.14. The molecule has 1 aromatic heterocycles. The Morgan fingerprint density at radius 1 is 1.33 bits per heavy atom. The monoisotopic (exact) mass is 307 g/mol. The Hall–Kier alpha value is -1.81. The number of benzene rings is 1. The fourth-order valence-corrected chi connectivity index (χ4v) is 2.36. The highest BCUT2D eigenvalue weighted by Crippen LogP contribution is 2.33. The summed E-state index contributed by atoms with van der Waals surface area (Å²) in [5, 5.41) is 1.44. The van der Waals surface area contributed by atoms with Gasteiger partial charge < -0.3 is 9.47 Å². The third-order valence-corrected chi connectivity index (χ3v) is 3.46. The molecule has 1 aromatic carbocycles. The van der Waals surface area contributed by atoms with E-state index in [9.17, 15) is 4.79 Å². The zero-order valence-corrected chi connectivity index (χ0v) is 13.3. The molecule has 0 spiro atoms. The van der Waals surface area contributed by atoms with Gasteiger partial charge in [-0.25, -0.2) is 4.79 Å². The largest absolute Gasteiger partial charge is 0.474 e. The highest BCUT2D eigenvalue weighted by molar-refractivity contribution is 6.35. The number of ether oxygens (including phenoxy) is 2. The molecule has 0 aliphatic carbocycles. The summed E-state index contributed by atoms with van der Waals surface area (Å²) in [5.74, 6) is 0.0944. The number of pyridine rings is 1. The number of halogens is 1. The van der Waals surface area contributed by atoms with Crippen LogP contribution in [0, 0.1) is 6.92 Å². The Kier molecular flexibility index (Phi) is 4.37. The molecule has 5 heteroatoms. The van der Waals surface area contributed by atoms with Crippen LogP contribution in [0.4, 0.5) is 0 Å². The van der Waals surface area contributed by atoms with Crippen molar-refractivity contribution in [3.63, 3.8) is 0 Å². The van der Waals surface area contributed by atoms with Gasteiger partial charge in [0.25, 0.3) is 0 Å². The molecule has 4 nitrogen and oxygen atoms in total. The van der Waals surface area contributed by atoms with Crippen LogP contribution in [0.5, 0.6) is 5.75 Å². The number of rotatable bonds is 4. The van der Waals surface area contributed by atoms with Crippen molar-refractivity contribution in [1.82, 2.24) is 4.98 Å². The molecule has 2 rings (SSSR count). The fraction of sp³-hybridized carbons (Fsp3) is 0.375. The summed E-state index contributed by atoms with van der Waals surface area (Å²) in [6, 6.07) is 5.35. The minimum Gasteiger partial charge on any atom is -0.474 e. The Balaban J connectivity index is 2.46. The van der Waals surface area contributed by atoms with E-state index in [1.807, 2.05) is 13.0 Å². The van der Waals surface area contributed by atoms with Crippen molar-refractivity contribution in [2.24, 2.45) is 0 Å². The maximum absolute atomic E-state index is 11.9. The number of hydrogen-bond acceptors (Lipinski definition) is 4. The van der Waals surface area contributed by atoms with Gasteiger partial charge in [-0.2, -0.15) is 0 Å². The fourth-order valence-electron chi connectivity index (χ4n) is 2.06. The lowest BCUT2D eigenvalue weighted by atomic mass is 10.1. The lowest BCUT2D eigenvalue weighted by Crippen LogP contribution is -2.39. The molecule has 0 N–H and O–H groups in total. The van der Waals surface area contributed by atoms with Crippen LogP contribution in [0.1, 0.15) is 26.3 Å². The number of fused-ring (bicyclic) bond motifs is 1. The number of esters is 1. The van der Waals surface area contributed by atoms with Gasteiger partial charge in [0.15, 0.2) is 5.60 Å². The molecule has 0 aliphatic rings. The predicted molar refractivity (Wildman–Crippen MR) is 82.8 cm³/mol. The van der Waals surface area contributed by atoms with Crippen LogP contribution >= 0.6 is 11.6 Å². The van der Waals surface area contributed by atoms with Crippen molar-refractivity contribution < 1.29 is 14.3 Å². The van der Waals surface area contributed by atoms with Gasteiger partial charge >= 0.3 is 5.97 Å². The minimum atomic E-state index is -1.10. The second-order valence-corrected chi connectivity index (χ2v) is 5.64. The zero-order chi connectivity index (χ0) is 15.6. The van der Waals surface area contributed by atoms with Crippen LogP contribution in [-0.2, 0) is 9.53 Å². The van der Waals surface area contributed by atoms with E-state index in [4.69, 9.17) is 21.1 Å². The van der Waals surface area contributed by atoms with E-state index in [1.54, 1.807) is 39.1 Å². The molecule has 0 saturated heterocycles. The number of carbonyl (C=O) groups is 1. The highest BCUT2D eigenvalue weighted by atomic mass is 35.5. The van der Waals surface area contributed by atoms with E-state index in [2.05, 4.69) is 4.98 Å². The van der Waals surface area contributed by atoms with Crippen molar-refractivity contribution in [1.29, 1.82) is 0 Å². The van der Waals surface area contributed by atoms with Crippen LogP contribution < -0.4 is 4.74 Å². The third kappa shape index (κ3) is 3.10. The summed E-state index contributed by atoms with van der Waals surface area (Å²) in [5.41, 5.74) is 0.548. The van der Waals surface area contributed by atoms with Gasteiger partial charge in [-0.15, -0.1) is 0 Å². The first-order valence-corrected chi connectivity index (χ1v) is 7.14. The van der Waals surface area contributed by atoms with Gasteiger partial charge in [0, 0.05) is 11.6 Å². The summed E-state index contributed by atoms with van der Waals surface area (Å²) < 4.78 is 10.9. The van der Waals surface area contributed by atoms with E-state index >= 15 is 0 Å². The standard InChI is InChI=1S/C16H18ClNO3/c1-5-20-15(19)16(3,4)21-12-7-6-11(17)13-10(2)8-9-18-14(12)13/h6-9H,5H2,1-4H3. The normalized spacial score (nSPS) is 11.5. The van der Waals surface area contributed by atoms with Crippen LogP contribution in [0.2, 0.25) is 5.02 Å². The van der Waals surface area contributed by atoms with Gasteiger partial charge in [-0.1, -0.05) is 11.6 Å².